The molecule has 0 aliphatic carbocycles. The lowest BCUT2D eigenvalue weighted by molar-refractivity contribution is 0.285. The molecular weight excluding hydrogens is 242 g/mol. The fraction of sp³-hybridized carbons (Fsp3) is 0.600. The summed E-state index contributed by atoms with van der Waals surface area (Å²) in [6.07, 6.45) is 0. The van der Waals surface area contributed by atoms with Crippen molar-refractivity contribution in [2.75, 3.05) is 33.9 Å². The van der Waals surface area contributed by atoms with E-state index in [1.165, 1.54) is 0 Å². The van der Waals surface area contributed by atoms with Crippen molar-refractivity contribution in [3.8, 4) is 11.5 Å². The van der Waals surface area contributed by atoms with Crippen LogP contribution < -0.4 is 14.8 Å². The van der Waals surface area contributed by atoms with Crippen LogP contribution >= 0.6 is 0 Å². The number of ether oxygens (including phenoxy) is 2. The molecule has 0 aliphatic rings. The maximum atomic E-state index is 8.85. The average molecular weight is 267 g/mol. The maximum Gasteiger partial charge on any atom is 0.123 e. The second-order valence-corrected chi connectivity index (χ2v) is 5.31. The highest BCUT2D eigenvalue weighted by atomic mass is 16.5. The van der Waals surface area contributed by atoms with Gasteiger partial charge < -0.3 is 19.9 Å². The molecule has 108 valence electrons. The van der Waals surface area contributed by atoms with Crippen molar-refractivity contribution in [3.63, 3.8) is 0 Å². The number of rotatable bonds is 7. The molecule has 4 nitrogen and oxygen atoms in total. The summed E-state index contributed by atoms with van der Waals surface area (Å²) in [5, 5.41) is 12.1. The number of benzene rings is 1. The largest absolute Gasteiger partial charge is 0.496 e. The highest BCUT2D eigenvalue weighted by Crippen LogP contribution is 2.36. The molecule has 0 amide bonds. The van der Waals surface area contributed by atoms with Crippen molar-refractivity contribution >= 4 is 0 Å². The van der Waals surface area contributed by atoms with Crippen molar-refractivity contribution in [1.29, 1.82) is 0 Å². The maximum absolute atomic E-state index is 8.85. The Balaban J connectivity index is 3.08. The van der Waals surface area contributed by atoms with E-state index in [-0.39, 0.29) is 12.0 Å². The molecule has 2 N–H and O–H groups in total. The normalized spacial score (nSPS) is 11.5. The predicted molar refractivity (Wildman–Crippen MR) is 77.3 cm³/mol. The molecule has 1 aromatic rings. The van der Waals surface area contributed by atoms with Gasteiger partial charge in [0.2, 0.25) is 0 Å². The molecule has 0 bridgehead atoms. The van der Waals surface area contributed by atoms with Crippen molar-refractivity contribution in [1.82, 2.24) is 5.32 Å². The lowest BCUT2D eigenvalue weighted by Crippen LogP contribution is -2.34. The quantitative estimate of drug-likeness (QED) is 0.741. The Hall–Kier alpha value is -1.26. The number of hydrogen-bond acceptors (Lipinski definition) is 4. The molecule has 0 spiro atoms. The standard InChI is InChI=1S/C15H25NO3/c1-11-8-14(19-5)12(9-13(11)18-4)15(2,3)10-16-6-7-17/h8-9,16-17H,6-7,10H2,1-5H3. The van der Waals surface area contributed by atoms with Crippen molar-refractivity contribution in [3.05, 3.63) is 23.3 Å². The Morgan fingerprint density at radius 2 is 1.79 bits per heavy atom. The van der Waals surface area contributed by atoms with Gasteiger partial charge in [-0.05, 0) is 24.6 Å². The third kappa shape index (κ3) is 3.85. The second-order valence-electron chi connectivity index (χ2n) is 5.31. The predicted octanol–water partition coefficient (Wildman–Crippen LogP) is 1.87. The van der Waals surface area contributed by atoms with Crippen LogP contribution in [0.1, 0.15) is 25.0 Å². The molecule has 0 saturated carbocycles. The zero-order valence-corrected chi connectivity index (χ0v) is 12.5. The van der Waals surface area contributed by atoms with Crippen molar-refractivity contribution in [2.45, 2.75) is 26.2 Å². The van der Waals surface area contributed by atoms with Crippen molar-refractivity contribution < 1.29 is 14.6 Å². The highest BCUT2D eigenvalue weighted by molar-refractivity contribution is 5.49. The van der Waals surface area contributed by atoms with E-state index in [0.29, 0.717) is 6.54 Å². The van der Waals surface area contributed by atoms with Gasteiger partial charge in [-0.15, -0.1) is 0 Å². The van der Waals surface area contributed by atoms with Gasteiger partial charge in [0.15, 0.2) is 0 Å². The van der Waals surface area contributed by atoms with E-state index in [4.69, 9.17) is 14.6 Å². The van der Waals surface area contributed by atoms with Crippen LogP contribution in [0.3, 0.4) is 0 Å². The van der Waals surface area contributed by atoms with Gasteiger partial charge in [-0.3, -0.25) is 0 Å². The Morgan fingerprint density at radius 1 is 1.16 bits per heavy atom. The summed E-state index contributed by atoms with van der Waals surface area (Å²) in [4.78, 5) is 0. The summed E-state index contributed by atoms with van der Waals surface area (Å²) in [6, 6.07) is 4.04. The fourth-order valence-electron chi connectivity index (χ4n) is 2.15. The average Bonchev–Trinajstić information content (AvgIpc) is 2.38. The fourth-order valence-corrected chi connectivity index (χ4v) is 2.15. The zero-order valence-electron chi connectivity index (χ0n) is 12.5. The summed E-state index contributed by atoms with van der Waals surface area (Å²) >= 11 is 0. The van der Waals surface area contributed by atoms with E-state index >= 15 is 0 Å². The van der Waals surface area contributed by atoms with E-state index in [0.717, 1.165) is 29.2 Å². The number of nitrogens with one attached hydrogen (secondary N) is 1. The number of aryl methyl sites for hydroxylation is 1. The minimum Gasteiger partial charge on any atom is -0.496 e. The summed E-state index contributed by atoms with van der Waals surface area (Å²) in [6.45, 7) is 7.78. The molecule has 0 aromatic heterocycles. The van der Waals surface area contributed by atoms with E-state index in [1.807, 2.05) is 19.1 Å². The first kappa shape index (κ1) is 15.8. The first-order chi connectivity index (χ1) is 8.96. The Labute approximate surface area is 115 Å². The van der Waals surface area contributed by atoms with Crippen LogP contribution in [-0.4, -0.2) is 39.0 Å². The van der Waals surface area contributed by atoms with Gasteiger partial charge in [-0.25, -0.2) is 0 Å². The van der Waals surface area contributed by atoms with Gasteiger partial charge in [0, 0.05) is 24.1 Å². The zero-order chi connectivity index (χ0) is 14.5. The summed E-state index contributed by atoms with van der Waals surface area (Å²) in [5.74, 6) is 1.74. The summed E-state index contributed by atoms with van der Waals surface area (Å²) < 4.78 is 10.9. The second kappa shape index (κ2) is 6.78. The van der Waals surface area contributed by atoms with Gasteiger partial charge in [0.05, 0.1) is 20.8 Å². The molecule has 0 atom stereocenters. The minimum atomic E-state index is -0.110. The molecule has 19 heavy (non-hydrogen) atoms. The molecule has 0 unspecified atom stereocenters. The van der Waals surface area contributed by atoms with Crippen LogP contribution in [-0.2, 0) is 5.41 Å². The lowest BCUT2D eigenvalue weighted by Gasteiger charge is -2.28. The van der Waals surface area contributed by atoms with Crippen molar-refractivity contribution in [2.24, 2.45) is 0 Å². The number of hydrogen-bond donors (Lipinski definition) is 2. The van der Waals surface area contributed by atoms with Crippen LogP contribution in [0.4, 0.5) is 0 Å². The first-order valence-corrected chi connectivity index (χ1v) is 6.51. The molecule has 0 fully saturated rings. The molecule has 1 rings (SSSR count). The molecule has 4 heteroatoms. The molecule has 0 radical (unpaired) electrons. The van der Waals surface area contributed by atoms with E-state index in [1.54, 1.807) is 14.2 Å². The van der Waals surface area contributed by atoms with Crippen LogP contribution in [0.15, 0.2) is 12.1 Å². The minimum absolute atomic E-state index is 0.110. The number of methoxy groups -OCH3 is 2. The lowest BCUT2D eigenvalue weighted by atomic mass is 9.83. The summed E-state index contributed by atoms with van der Waals surface area (Å²) in [7, 11) is 3.36. The topological polar surface area (TPSA) is 50.7 Å². The van der Waals surface area contributed by atoms with E-state index in [2.05, 4.69) is 19.2 Å². The van der Waals surface area contributed by atoms with Crippen LogP contribution in [0.5, 0.6) is 11.5 Å². The SMILES string of the molecule is COc1cc(C(C)(C)CNCCO)c(OC)cc1C. The van der Waals surface area contributed by atoms with Crippen LogP contribution in [0.25, 0.3) is 0 Å². The first-order valence-electron chi connectivity index (χ1n) is 6.51. The summed E-state index contributed by atoms with van der Waals surface area (Å²) in [5.41, 5.74) is 2.05. The third-order valence-corrected chi connectivity index (χ3v) is 3.30. The highest BCUT2D eigenvalue weighted by Gasteiger charge is 2.25. The number of aliphatic hydroxyl groups excluding tert-OH is 1. The van der Waals surface area contributed by atoms with Gasteiger partial charge in [0.25, 0.3) is 0 Å². The molecule has 1 aromatic carbocycles. The number of aliphatic hydroxyl groups is 1. The third-order valence-electron chi connectivity index (χ3n) is 3.30. The smallest absolute Gasteiger partial charge is 0.123 e. The Morgan fingerprint density at radius 3 is 2.32 bits per heavy atom. The molecule has 0 heterocycles. The monoisotopic (exact) mass is 267 g/mol. The molecular formula is C15H25NO3. The Bertz CT molecular complexity index is 416. The van der Waals surface area contributed by atoms with Crippen LogP contribution in [0.2, 0.25) is 0 Å². The van der Waals surface area contributed by atoms with Crippen LogP contribution in [0, 0.1) is 6.92 Å². The van der Waals surface area contributed by atoms with E-state index in [9.17, 15) is 0 Å². The molecule has 0 saturated heterocycles. The Kier molecular flexibility index (Phi) is 5.63. The molecule has 0 aliphatic heterocycles. The van der Waals surface area contributed by atoms with Gasteiger partial charge in [0.1, 0.15) is 11.5 Å². The van der Waals surface area contributed by atoms with E-state index < -0.39 is 0 Å². The van der Waals surface area contributed by atoms with Gasteiger partial charge in [-0.2, -0.15) is 0 Å². The van der Waals surface area contributed by atoms with Gasteiger partial charge >= 0.3 is 0 Å². The van der Waals surface area contributed by atoms with Gasteiger partial charge in [-0.1, -0.05) is 13.8 Å².